The molecule has 316 valence electrons. The van der Waals surface area contributed by atoms with Gasteiger partial charge in [-0.2, -0.15) is 0 Å². The lowest BCUT2D eigenvalue weighted by atomic mass is 10.0. The number of likely N-dealkylation sites (tertiary alicyclic amines) is 1. The molecule has 0 aromatic rings. The molecule has 6 atom stereocenters. The van der Waals surface area contributed by atoms with E-state index in [1.165, 1.54) is 4.90 Å². The molecular formula is C36H70N12O7. The number of hydrogen-bond acceptors (Lipinski definition) is 12. The summed E-state index contributed by atoms with van der Waals surface area (Å²) in [5.74, 6) is -4.42. The molecule has 1 aliphatic rings. The number of hydrogen-bond donors (Lipinski definition) is 11. The summed E-state index contributed by atoms with van der Waals surface area (Å²) in [5.41, 5.74) is 34.0. The minimum Gasteiger partial charge on any atom is -0.368 e. The van der Waals surface area contributed by atoms with Crippen LogP contribution in [0.25, 0.3) is 0 Å². The molecule has 7 amide bonds. The maximum atomic E-state index is 13.6. The molecule has 1 fully saturated rings. The predicted octanol–water partition coefficient (Wildman–Crippen LogP) is -2.98. The third-order valence-electron chi connectivity index (χ3n) is 9.58. The molecule has 0 aromatic heterocycles. The van der Waals surface area contributed by atoms with Crippen LogP contribution in [0.3, 0.4) is 0 Å². The van der Waals surface area contributed by atoms with Gasteiger partial charge in [0.05, 0.1) is 12.6 Å². The maximum Gasteiger partial charge on any atom is 0.243 e. The molecule has 1 saturated heterocycles. The Morgan fingerprint density at radius 1 is 0.636 bits per heavy atom. The average Bonchev–Trinajstić information content (AvgIpc) is 3.64. The molecule has 55 heavy (non-hydrogen) atoms. The Morgan fingerprint density at radius 3 is 1.60 bits per heavy atom. The van der Waals surface area contributed by atoms with Gasteiger partial charge in [-0.3, -0.25) is 33.6 Å². The standard InChI is InChI=1S/C36H70N12O7/c1-23(2)30(47-34(53)28-16-11-21-48(28)36(55)24(41)12-3-7-17-37)35(54)43-22-29(49)44-26(14-5-9-19-39)32(51)46-27(15-6-10-20-40)33(52)45-25(31(42)50)13-4-8-18-38/h23-28,30H,3-22,37-41H2,1-2H3,(H2,42,50)(H,43,54)(H,44,49)(H,45,52)(H,46,51)(H,47,53)/t24-,25-,26-,27-,28-,30-/m0/s1. The van der Waals surface area contributed by atoms with Gasteiger partial charge in [0.2, 0.25) is 41.4 Å². The monoisotopic (exact) mass is 783 g/mol. The topological polar surface area (TPSA) is 339 Å². The highest BCUT2D eigenvalue weighted by atomic mass is 16.2. The highest BCUT2D eigenvalue weighted by molar-refractivity contribution is 5.96. The zero-order chi connectivity index (χ0) is 41.3. The minimum atomic E-state index is -1.08. The molecule has 19 nitrogen and oxygen atoms in total. The van der Waals surface area contributed by atoms with Crippen LogP contribution in [0.4, 0.5) is 0 Å². The van der Waals surface area contributed by atoms with Crippen LogP contribution in [-0.2, 0) is 33.6 Å². The molecule has 1 aliphatic heterocycles. The number of amides is 7. The van der Waals surface area contributed by atoms with Gasteiger partial charge in [0.15, 0.2) is 0 Å². The summed E-state index contributed by atoms with van der Waals surface area (Å²) < 4.78 is 0. The van der Waals surface area contributed by atoms with E-state index in [-0.39, 0.29) is 31.1 Å². The van der Waals surface area contributed by atoms with Gasteiger partial charge in [-0.15, -0.1) is 0 Å². The van der Waals surface area contributed by atoms with Gasteiger partial charge in [0.1, 0.15) is 30.2 Å². The summed E-state index contributed by atoms with van der Waals surface area (Å²) in [5, 5.41) is 13.3. The Bertz CT molecular complexity index is 1220. The zero-order valence-electron chi connectivity index (χ0n) is 33.0. The van der Waals surface area contributed by atoms with E-state index >= 15 is 0 Å². The Labute approximate surface area is 325 Å². The van der Waals surface area contributed by atoms with Gasteiger partial charge in [0, 0.05) is 6.54 Å². The molecule has 0 unspecified atom stereocenters. The van der Waals surface area contributed by atoms with Crippen molar-refractivity contribution in [3.05, 3.63) is 0 Å². The van der Waals surface area contributed by atoms with Crippen molar-refractivity contribution < 1.29 is 33.6 Å². The van der Waals surface area contributed by atoms with Crippen LogP contribution in [0.2, 0.25) is 0 Å². The Balaban J connectivity index is 2.97. The van der Waals surface area contributed by atoms with Gasteiger partial charge >= 0.3 is 0 Å². The highest BCUT2D eigenvalue weighted by Gasteiger charge is 2.38. The maximum absolute atomic E-state index is 13.6. The van der Waals surface area contributed by atoms with E-state index in [1.54, 1.807) is 13.8 Å². The summed E-state index contributed by atoms with van der Waals surface area (Å²) in [6, 6.07) is -5.63. The average molecular weight is 783 g/mol. The summed E-state index contributed by atoms with van der Waals surface area (Å²) in [7, 11) is 0. The van der Waals surface area contributed by atoms with Crippen LogP contribution in [0, 0.1) is 5.92 Å². The summed E-state index contributed by atoms with van der Waals surface area (Å²) in [6.45, 7) is 4.99. The predicted molar refractivity (Wildman–Crippen MR) is 209 cm³/mol. The minimum absolute atomic E-state index is 0.195. The van der Waals surface area contributed by atoms with Crippen molar-refractivity contribution in [1.29, 1.82) is 0 Å². The smallest absolute Gasteiger partial charge is 0.243 e. The normalized spacial score (nSPS) is 16.7. The van der Waals surface area contributed by atoms with E-state index in [4.69, 9.17) is 34.4 Å². The molecule has 0 aliphatic carbocycles. The number of primary amides is 1. The van der Waals surface area contributed by atoms with Crippen LogP contribution in [0.15, 0.2) is 0 Å². The largest absolute Gasteiger partial charge is 0.368 e. The second-order valence-corrected chi connectivity index (χ2v) is 14.5. The fourth-order valence-corrected chi connectivity index (χ4v) is 6.30. The molecule has 1 heterocycles. The van der Waals surface area contributed by atoms with Gasteiger partial charge in [-0.25, -0.2) is 0 Å². The summed E-state index contributed by atoms with van der Waals surface area (Å²) in [4.78, 5) is 93.3. The molecular weight excluding hydrogens is 712 g/mol. The fraction of sp³-hybridized carbons (Fsp3) is 0.806. The molecule has 17 N–H and O–H groups in total. The first-order valence-corrected chi connectivity index (χ1v) is 19.9. The lowest BCUT2D eigenvalue weighted by Crippen LogP contribution is -2.58. The van der Waals surface area contributed by atoms with Crippen molar-refractivity contribution in [3.8, 4) is 0 Å². The Morgan fingerprint density at radius 2 is 1.11 bits per heavy atom. The van der Waals surface area contributed by atoms with Crippen molar-refractivity contribution in [2.75, 3.05) is 39.3 Å². The molecule has 0 aromatic carbocycles. The second kappa shape index (κ2) is 27.6. The number of nitrogens with two attached hydrogens (primary N) is 6. The number of nitrogens with zero attached hydrogens (tertiary/aromatic N) is 1. The SMILES string of the molecule is CC(C)[C@H](NC(=O)[C@@H]1CCCN1C(=O)[C@@H](N)CCCCN)C(=O)NCC(=O)N[C@@H](CCCCN)C(=O)N[C@@H](CCCCN)C(=O)N[C@@H](CCCCN)C(N)=O. The molecule has 0 bridgehead atoms. The number of rotatable bonds is 29. The van der Waals surface area contributed by atoms with Gasteiger partial charge in [-0.1, -0.05) is 20.3 Å². The van der Waals surface area contributed by atoms with Crippen molar-refractivity contribution in [1.82, 2.24) is 31.5 Å². The number of nitrogens with one attached hydrogen (secondary N) is 5. The van der Waals surface area contributed by atoms with Gasteiger partial charge in [0.25, 0.3) is 0 Å². The van der Waals surface area contributed by atoms with Crippen LogP contribution < -0.4 is 61.0 Å². The van der Waals surface area contributed by atoms with E-state index < -0.39 is 78.2 Å². The van der Waals surface area contributed by atoms with Crippen LogP contribution in [-0.4, -0.2) is 122 Å². The third kappa shape index (κ3) is 18.5. The van der Waals surface area contributed by atoms with Gasteiger partial charge in [-0.05, 0) is 116 Å². The highest BCUT2D eigenvalue weighted by Crippen LogP contribution is 2.20. The third-order valence-corrected chi connectivity index (χ3v) is 9.58. The van der Waals surface area contributed by atoms with Crippen LogP contribution in [0.5, 0.6) is 0 Å². The van der Waals surface area contributed by atoms with E-state index in [1.807, 2.05) is 0 Å². The first kappa shape index (κ1) is 49.1. The summed E-state index contributed by atoms with van der Waals surface area (Å²) >= 11 is 0. The first-order chi connectivity index (χ1) is 26.2. The number of unbranched alkanes of at least 4 members (excludes halogenated alkanes) is 4. The van der Waals surface area contributed by atoms with Gasteiger partial charge < -0.3 is 65.9 Å². The number of carbonyl (C=O) groups excluding carboxylic acids is 7. The molecule has 0 saturated carbocycles. The molecule has 1 rings (SSSR count). The lowest BCUT2D eigenvalue weighted by molar-refractivity contribution is -0.140. The quantitative estimate of drug-likeness (QED) is 0.0339. The van der Waals surface area contributed by atoms with Crippen molar-refractivity contribution in [2.24, 2.45) is 40.3 Å². The van der Waals surface area contributed by atoms with E-state index in [0.717, 1.165) is 6.42 Å². The Hall–Kier alpha value is -3.91. The molecule has 19 heteroatoms. The Kier molecular flexibility index (Phi) is 24.7. The lowest BCUT2D eigenvalue weighted by Gasteiger charge is -2.29. The zero-order valence-corrected chi connectivity index (χ0v) is 33.0. The fourth-order valence-electron chi connectivity index (χ4n) is 6.30. The van der Waals surface area contributed by atoms with Crippen LogP contribution >= 0.6 is 0 Å². The van der Waals surface area contributed by atoms with E-state index in [2.05, 4.69) is 26.6 Å². The first-order valence-electron chi connectivity index (χ1n) is 19.9. The molecule has 0 radical (unpaired) electrons. The van der Waals surface area contributed by atoms with Crippen molar-refractivity contribution >= 4 is 41.4 Å². The van der Waals surface area contributed by atoms with Crippen LogP contribution in [0.1, 0.15) is 104 Å². The van der Waals surface area contributed by atoms with E-state index in [0.29, 0.717) is 96.9 Å². The number of carbonyl (C=O) groups is 7. The van der Waals surface area contributed by atoms with Crippen molar-refractivity contribution in [3.63, 3.8) is 0 Å². The van der Waals surface area contributed by atoms with E-state index in [9.17, 15) is 33.6 Å². The van der Waals surface area contributed by atoms with Crippen molar-refractivity contribution in [2.45, 2.75) is 140 Å². The summed E-state index contributed by atoms with van der Waals surface area (Å²) in [6.07, 6.45) is 6.97. The second-order valence-electron chi connectivity index (χ2n) is 14.5. The molecule has 0 spiro atoms.